The number of aromatic amines is 1. The average molecular weight is 317 g/mol. The summed E-state index contributed by atoms with van der Waals surface area (Å²) in [6.07, 6.45) is 0.388. The molecule has 0 amide bonds. The van der Waals surface area contributed by atoms with E-state index in [0.717, 1.165) is 0 Å². The van der Waals surface area contributed by atoms with E-state index in [2.05, 4.69) is 4.98 Å². The first-order chi connectivity index (χ1) is 10.7. The van der Waals surface area contributed by atoms with Crippen molar-refractivity contribution in [2.75, 3.05) is 0 Å². The van der Waals surface area contributed by atoms with E-state index in [1.807, 2.05) is 0 Å². The number of ether oxygens (including phenoxy) is 1. The first-order valence-electron chi connectivity index (χ1n) is 7.23. The van der Waals surface area contributed by atoms with E-state index in [4.69, 9.17) is 9.15 Å². The molecule has 1 N–H and O–H groups in total. The predicted molar refractivity (Wildman–Crippen MR) is 82.9 cm³/mol. The van der Waals surface area contributed by atoms with E-state index >= 15 is 0 Å². The molecule has 0 spiro atoms. The monoisotopic (exact) mass is 317 g/mol. The number of furan rings is 1. The minimum absolute atomic E-state index is 0.0773. The van der Waals surface area contributed by atoms with Gasteiger partial charge in [-0.25, -0.2) is 4.79 Å². The Bertz CT molecular complexity index is 781. The summed E-state index contributed by atoms with van der Waals surface area (Å²) in [5.41, 5.74) is 2.61. The summed E-state index contributed by atoms with van der Waals surface area (Å²) in [6.45, 7) is 8.06. The van der Waals surface area contributed by atoms with Crippen molar-refractivity contribution < 1.29 is 23.5 Å². The predicted octanol–water partition coefficient (Wildman–Crippen LogP) is 3.16. The summed E-state index contributed by atoms with van der Waals surface area (Å²) >= 11 is 0. The van der Waals surface area contributed by atoms with Gasteiger partial charge in [-0.1, -0.05) is 0 Å². The summed E-state index contributed by atoms with van der Waals surface area (Å²) in [5.74, 6) is -1.13. The maximum absolute atomic E-state index is 12.5. The number of H-pyrrole nitrogens is 1. The second kappa shape index (κ2) is 6.24. The van der Waals surface area contributed by atoms with Gasteiger partial charge in [0.05, 0.1) is 12.0 Å². The van der Waals surface area contributed by atoms with Crippen LogP contribution in [0.15, 0.2) is 16.7 Å². The summed E-state index contributed by atoms with van der Waals surface area (Å²) in [7, 11) is 0. The standard InChI is InChI=1S/C17H19NO5/c1-8-6-7-22-16(8)17(21)23-12(5)15(20)14-9(2)13(11(4)19)10(3)18-14/h6-7,12,18H,1-5H3/t12-/m0/s1. The number of Topliss-reactive ketones (excluding diaryl/α,β-unsaturated/α-hetero) is 2. The van der Waals surface area contributed by atoms with E-state index < -0.39 is 17.9 Å². The molecule has 2 aromatic heterocycles. The summed E-state index contributed by atoms with van der Waals surface area (Å²) in [6, 6.07) is 1.64. The number of carbonyl (C=O) groups is 3. The van der Waals surface area contributed by atoms with Gasteiger partial charge in [0.1, 0.15) is 0 Å². The molecule has 0 fully saturated rings. The van der Waals surface area contributed by atoms with Crippen molar-refractivity contribution in [3.05, 3.63) is 46.2 Å². The normalized spacial score (nSPS) is 12.0. The van der Waals surface area contributed by atoms with E-state index in [9.17, 15) is 14.4 Å². The number of esters is 1. The molecule has 1 atom stereocenters. The number of aromatic nitrogens is 1. The van der Waals surface area contributed by atoms with Crippen LogP contribution in [0.2, 0.25) is 0 Å². The van der Waals surface area contributed by atoms with Gasteiger partial charge in [0.2, 0.25) is 11.5 Å². The van der Waals surface area contributed by atoms with Crippen LogP contribution in [0.3, 0.4) is 0 Å². The number of hydrogen-bond donors (Lipinski definition) is 1. The van der Waals surface area contributed by atoms with Crippen LogP contribution in [0.4, 0.5) is 0 Å². The number of aryl methyl sites for hydroxylation is 2. The van der Waals surface area contributed by atoms with Gasteiger partial charge in [-0.15, -0.1) is 0 Å². The summed E-state index contributed by atoms with van der Waals surface area (Å²) in [5, 5.41) is 0. The zero-order valence-electron chi connectivity index (χ0n) is 13.8. The zero-order chi connectivity index (χ0) is 17.3. The SMILES string of the molecule is CC(=O)c1c(C)[nH]c(C(=O)[C@H](C)OC(=O)c2occc2C)c1C. The molecular formula is C17H19NO5. The molecule has 122 valence electrons. The molecule has 0 saturated heterocycles. The van der Waals surface area contributed by atoms with Gasteiger partial charge in [0.25, 0.3) is 0 Å². The van der Waals surface area contributed by atoms with Gasteiger partial charge in [-0.2, -0.15) is 0 Å². The van der Waals surface area contributed by atoms with Crippen molar-refractivity contribution in [2.24, 2.45) is 0 Å². The fraction of sp³-hybridized carbons (Fsp3) is 0.353. The van der Waals surface area contributed by atoms with Crippen molar-refractivity contribution in [3.63, 3.8) is 0 Å². The fourth-order valence-corrected chi connectivity index (χ4v) is 2.58. The van der Waals surface area contributed by atoms with Crippen molar-refractivity contribution in [2.45, 2.75) is 40.7 Å². The highest BCUT2D eigenvalue weighted by Crippen LogP contribution is 2.21. The lowest BCUT2D eigenvalue weighted by Gasteiger charge is -2.11. The van der Waals surface area contributed by atoms with Crippen LogP contribution in [0.1, 0.15) is 62.1 Å². The molecule has 0 aliphatic heterocycles. The van der Waals surface area contributed by atoms with Crippen molar-refractivity contribution in [1.82, 2.24) is 4.98 Å². The second-order valence-corrected chi connectivity index (χ2v) is 5.53. The maximum atomic E-state index is 12.5. The van der Waals surface area contributed by atoms with Gasteiger partial charge in [0.15, 0.2) is 11.9 Å². The molecule has 2 heterocycles. The number of rotatable bonds is 5. The van der Waals surface area contributed by atoms with Crippen LogP contribution < -0.4 is 0 Å². The zero-order valence-corrected chi connectivity index (χ0v) is 13.8. The van der Waals surface area contributed by atoms with E-state index in [0.29, 0.717) is 22.4 Å². The summed E-state index contributed by atoms with van der Waals surface area (Å²) < 4.78 is 10.2. The van der Waals surface area contributed by atoms with Gasteiger partial charge in [-0.3, -0.25) is 9.59 Å². The molecule has 0 radical (unpaired) electrons. The number of ketones is 2. The Morgan fingerprint density at radius 2 is 1.87 bits per heavy atom. The third-order valence-corrected chi connectivity index (χ3v) is 3.74. The molecule has 0 unspecified atom stereocenters. The molecule has 0 aliphatic rings. The molecule has 0 saturated carbocycles. The fourth-order valence-electron chi connectivity index (χ4n) is 2.58. The van der Waals surface area contributed by atoms with Crippen LogP contribution in [-0.4, -0.2) is 28.6 Å². The first kappa shape index (κ1) is 16.7. The largest absolute Gasteiger partial charge is 0.457 e. The molecule has 6 heteroatoms. The summed E-state index contributed by atoms with van der Waals surface area (Å²) in [4.78, 5) is 39.0. The van der Waals surface area contributed by atoms with Crippen molar-refractivity contribution >= 4 is 17.5 Å². The molecule has 0 aliphatic carbocycles. The lowest BCUT2D eigenvalue weighted by atomic mass is 10.0. The molecule has 23 heavy (non-hydrogen) atoms. The lowest BCUT2D eigenvalue weighted by Crippen LogP contribution is -2.25. The number of carbonyl (C=O) groups excluding carboxylic acids is 3. The third-order valence-electron chi connectivity index (χ3n) is 3.74. The number of nitrogens with one attached hydrogen (secondary N) is 1. The molecule has 6 nitrogen and oxygen atoms in total. The van der Waals surface area contributed by atoms with E-state index in [1.54, 1.807) is 26.8 Å². The third kappa shape index (κ3) is 3.11. The van der Waals surface area contributed by atoms with Gasteiger partial charge < -0.3 is 14.1 Å². The Morgan fingerprint density at radius 3 is 2.35 bits per heavy atom. The van der Waals surface area contributed by atoms with Gasteiger partial charge in [-0.05, 0) is 46.2 Å². The average Bonchev–Trinajstić information content (AvgIpc) is 3.01. The minimum atomic E-state index is -0.997. The highest BCUT2D eigenvalue weighted by molar-refractivity contribution is 6.05. The van der Waals surface area contributed by atoms with Crippen LogP contribution in [0.25, 0.3) is 0 Å². The van der Waals surface area contributed by atoms with Crippen molar-refractivity contribution in [3.8, 4) is 0 Å². The Kier molecular flexibility index (Phi) is 4.54. The second-order valence-electron chi connectivity index (χ2n) is 5.53. The van der Waals surface area contributed by atoms with Crippen LogP contribution in [0, 0.1) is 20.8 Å². The molecule has 0 bridgehead atoms. The van der Waals surface area contributed by atoms with Crippen LogP contribution >= 0.6 is 0 Å². The van der Waals surface area contributed by atoms with Gasteiger partial charge in [0, 0.05) is 16.8 Å². The Hall–Kier alpha value is -2.63. The smallest absolute Gasteiger partial charge is 0.375 e. The van der Waals surface area contributed by atoms with Gasteiger partial charge >= 0.3 is 5.97 Å². The first-order valence-corrected chi connectivity index (χ1v) is 7.23. The quantitative estimate of drug-likeness (QED) is 0.676. The maximum Gasteiger partial charge on any atom is 0.375 e. The molecule has 2 rings (SSSR count). The van der Waals surface area contributed by atoms with Crippen LogP contribution in [-0.2, 0) is 4.74 Å². The minimum Gasteiger partial charge on any atom is -0.457 e. The number of hydrogen-bond acceptors (Lipinski definition) is 5. The van der Waals surface area contributed by atoms with E-state index in [-0.39, 0.29) is 17.2 Å². The molecular weight excluding hydrogens is 298 g/mol. The van der Waals surface area contributed by atoms with E-state index in [1.165, 1.54) is 20.1 Å². The highest BCUT2D eigenvalue weighted by Gasteiger charge is 2.27. The highest BCUT2D eigenvalue weighted by atomic mass is 16.6. The van der Waals surface area contributed by atoms with Crippen LogP contribution in [0.5, 0.6) is 0 Å². The molecule has 0 aromatic carbocycles. The lowest BCUT2D eigenvalue weighted by molar-refractivity contribution is 0.0286. The Morgan fingerprint density at radius 1 is 1.22 bits per heavy atom. The van der Waals surface area contributed by atoms with Crippen molar-refractivity contribution in [1.29, 1.82) is 0 Å². The Labute approximate surface area is 133 Å². The topological polar surface area (TPSA) is 89.4 Å². The molecule has 2 aromatic rings. The Balaban J connectivity index is 2.21.